The van der Waals surface area contributed by atoms with Crippen molar-refractivity contribution in [2.24, 2.45) is 0 Å². The van der Waals surface area contributed by atoms with Gasteiger partial charge < -0.3 is 14.4 Å². The zero-order valence-corrected chi connectivity index (χ0v) is 17.6. The molecule has 0 aliphatic heterocycles. The van der Waals surface area contributed by atoms with Gasteiger partial charge >= 0.3 is 5.97 Å². The second-order valence-electron chi connectivity index (χ2n) is 7.49. The lowest BCUT2D eigenvalue weighted by Crippen LogP contribution is -2.10. The Bertz CT molecular complexity index is 1230. The number of ether oxygens (including phenoxy) is 1. The Balaban J connectivity index is 1.94. The van der Waals surface area contributed by atoms with Gasteiger partial charge in [0.2, 0.25) is 0 Å². The molecular weight excluding hydrogens is 390 g/mol. The van der Waals surface area contributed by atoms with Gasteiger partial charge in [0.25, 0.3) is 0 Å². The molecule has 0 bridgehead atoms. The third-order valence-corrected chi connectivity index (χ3v) is 5.74. The summed E-state index contributed by atoms with van der Waals surface area (Å²) in [6, 6.07) is 17.0. The number of rotatable bonds is 4. The minimum absolute atomic E-state index is 0.0819. The average Bonchev–Trinajstić information content (AvgIpc) is 3.04. The van der Waals surface area contributed by atoms with E-state index in [4.69, 9.17) is 4.74 Å². The number of benzene rings is 2. The van der Waals surface area contributed by atoms with Crippen LogP contribution in [0.4, 0.5) is 0 Å². The molecule has 0 unspecified atom stereocenters. The molecule has 1 aliphatic rings. The highest BCUT2D eigenvalue weighted by Gasteiger charge is 2.29. The Kier molecular flexibility index (Phi) is 5.34. The predicted molar refractivity (Wildman–Crippen MR) is 121 cm³/mol. The van der Waals surface area contributed by atoms with E-state index in [1.165, 1.54) is 13.2 Å². The Labute approximate surface area is 180 Å². The summed E-state index contributed by atoms with van der Waals surface area (Å²) >= 11 is 0. The maximum absolute atomic E-state index is 12.7. The first-order valence-electron chi connectivity index (χ1n) is 10.0. The second kappa shape index (κ2) is 8.11. The van der Waals surface area contributed by atoms with Crippen LogP contribution in [0.15, 0.2) is 60.7 Å². The number of fused-ring (bicyclic) bond motifs is 1. The summed E-state index contributed by atoms with van der Waals surface area (Å²) in [5, 5.41) is 11.2. The first kappa shape index (κ1) is 20.4. The zero-order valence-electron chi connectivity index (χ0n) is 17.6. The largest absolute Gasteiger partial charge is 0.494 e. The lowest BCUT2D eigenvalue weighted by Gasteiger charge is -2.18. The highest BCUT2D eigenvalue weighted by atomic mass is 16.5. The molecule has 156 valence electrons. The zero-order chi connectivity index (χ0) is 22.1. The van der Waals surface area contributed by atoms with E-state index >= 15 is 0 Å². The first-order chi connectivity index (χ1) is 14.9. The molecule has 5 nitrogen and oxygen atoms in total. The molecule has 0 saturated carbocycles. The van der Waals surface area contributed by atoms with E-state index in [1.54, 1.807) is 23.6 Å². The number of aromatic hydroxyl groups is 1. The molecule has 1 heterocycles. The number of esters is 1. The van der Waals surface area contributed by atoms with Crippen LogP contribution in [0.25, 0.3) is 17.7 Å². The Morgan fingerprint density at radius 3 is 2.45 bits per heavy atom. The summed E-state index contributed by atoms with van der Waals surface area (Å²) in [4.78, 5) is 25.4. The molecule has 2 aromatic carbocycles. The summed E-state index contributed by atoms with van der Waals surface area (Å²) in [6.07, 6.45) is 4.86. The summed E-state index contributed by atoms with van der Waals surface area (Å²) in [7, 11) is 1.30. The number of carbonyl (C=O) groups excluding carboxylic acids is 2. The Hall–Kier alpha value is -3.86. The molecule has 5 heteroatoms. The fourth-order valence-corrected chi connectivity index (χ4v) is 4.14. The molecular formula is C26H23NO4. The molecule has 0 saturated heterocycles. The lowest BCUT2D eigenvalue weighted by molar-refractivity contribution is -0.109. The van der Waals surface area contributed by atoms with Gasteiger partial charge in [0, 0.05) is 11.3 Å². The maximum atomic E-state index is 12.7. The van der Waals surface area contributed by atoms with Crippen molar-refractivity contribution >= 4 is 29.5 Å². The molecule has 0 radical (unpaired) electrons. The van der Waals surface area contributed by atoms with Crippen molar-refractivity contribution < 1.29 is 19.4 Å². The molecule has 1 atom stereocenters. The third-order valence-electron chi connectivity index (χ3n) is 5.74. The summed E-state index contributed by atoms with van der Waals surface area (Å²) < 4.78 is 6.70. The third kappa shape index (κ3) is 3.48. The molecule has 0 amide bonds. The number of aromatic nitrogens is 1. The van der Waals surface area contributed by atoms with Crippen LogP contribution in [-0.2, 0) is 9.53 Å². The fraction of sp³-hybridized carbons (Fsp3) is 0.154. The van der Waals surface area contributed by atoms with E-state index in [0.717, 1.165) is 16.7 Å². The smallest absolute Gasteiger partial charge is 0.340 e. The van der Waals surface area contributed by atoms with Crippen LogP contribution in [0.3, 0.4) is 0 Å². The summed E-state index contributed by atoms with van der Waals surface area (Å²) in [5.74, 6) is -0.831. The van der Waals surface area contributed by atoms with E-state index in [9.17, 15) is 14.7 Å². The molecule has 1 aromatic heterocycles. The van der Waals surface area contributed by atoms with Gasteiger partial charge in [-0.1, -0.05) is 60.7 Å². The summed E-state index contributed by atoms with van der Waals surface area (Å²) in [5.41, 5.74) is 4.15. The van der Waals surface area contributed by atoms with Crippen molar-refractivity contribution in [2.45, 2.75) is 19.9 Å². The molecule has 1 aliphatic carbocycles. The molecule has 4 rings (SSSR count). The minimum atomic E-state index is -0.564. The Morgan fingerprint density at radius 2 is 1.74 bits per heavy atom. The van der Waals surface area contributed by atoms with Gasteiger partial charge in [-0.3, -0.25) is 4.79 Å². The molecule has 3 aromatic rings. The molecule has 0 fully saturated rings. The normalized spacial score (nSPS) is 15.1. The monoisotopic (exact) mass is 413 g/mol. The van der Waals surface area contributed by atoms with Crippen molar-refractivity contribution in [3.8, 4) is 5.88 Å². The van der Waals surface area contributed by atoms with Crippen LogP contribution >= 0.6 is 0 Å². The SMILES string of the molecule is COC(=O)c1c(C=C2C(=O)C=Cc3ccccc32)c(O)n([C@@H](C)c2ccccc2)c1C. The van der Waals surface area contributed by atoms with Gasteiger partial charge in [-0.15, -0.1) is 0 Å². The first-order valence-corrected chi connectivity index (χ1v) is 10.0. The van der Waals surface area contributed by atoms with Gasteiger partial charge in [0.1, 0.15) is 0 Å². The number of methoxy groups -OCH3 is 1. The number of allylic oxidation sites excluding steroid dienone is 2. The van der Waals surface area contributed by atoms with E-state index in [-0.39, 0.29) is 28.8 Å². The number of nitrogens with zero attached hydrogens (tertiary/aromatic N) is 1. The highest BCUT2D eigenvalue weighted by Crippen LogP contribution is 2.38. The summed E-state index contributed by atoms with van der Waals surface area (Å²) in [6.45, 7) is 3.72. The minimum Gasteiger partial charge on any atom is -0.494 e. The van der Waals surface area contributed by atoms with Crippen molar-refractivity contribution in [3.63, 3.8) is 0 Å². The van der Waals surface area contributed by atoms with Gasteiger partial charge in [0.05, 0.1) is 24.3 Å². The van der Waals surface area contributed by atoms with Crippen LogP contribution in [0.2, 0.25) is 0 Å². The van der Waals surface area contributed by atoms with Gasteiger partial charge in [-0.05, 0) is 42.7 Å². The number of hydrogen-bond acceptors (Lipinski definition) is 4. The van der Waals surface area contributed by atoms with Crippen LogP contribution < -0.4 is 0 Å². The lowest BCUT2D eigenvalue weighted by atomic mass is 9.90. The van der Waals surface area contributed by atoms with Crippen molar-refractivity contribution in [1.82, 2.24) is 4.57 Å². The van der Waals surface area contributed by atoms with Crippen molar-refractivity contribution in [2.75, 3.05) is 7.11 Å². The molecule has 1 N–H and O–H groups in total. The van der Waals surface area contributed by atoms with Crippen molar-refractivity contribution in [3.05, 3.63) is 94.2 Å². The predicted octanol–water partition coefficient (Wildman–Crippen LogP) is 5.03. The van der Waals surface area contributed by atoms with Crippen molar-refractivity contribution in [1.29, 1.82) is 0 Å². The highest BCUT2D eigenvalue weighted by molar-refractivity contribution is 6.33. The van der Waals surface area contributed by atoms with Crippen LogP contribution in [-0.4, -0.2) is 28.5 Å². The standard InChI is InChI=1S/C26H23NO4/c1-16(18-9-5-4-6-10-18)27-17(2)24(26(30)31-3)22(25(27)29)15-21-20-12-8-7-11-19(20)13-14-23(21)28/h4-16,29H,1-3H3/t16-/m0/s1. The van der Waals surface area contributed by atoms with E-state index in [1.807, 2.05) is 61.5 Å². The fourth-order valence-electron chi connectivity index (χ4n) is 4.14. The number of ketones is 1. The van der Waals surface area contributed by atoms with Crippen LogP contribution in [0.5, 0.6) is 5.88 Å². The van der Waals surface area contributed by atoms with E-state index in [0.29, 0.717) is 11.3 Å². The molecule has 0 spiro atoms. The van der Waals surface area contributed by atoms with Gasteiger partial charge in [-0.2, -0.15) is 0 Å². The number of carbonyl (C=O) groups is 2. The Morgan fingerprint density at radius 1 is 1.06 bits per heavy atom. The topological polar surface area (TPSA) is 68.5 Å². The quantitative estimate of drug-likeness (QED) is 0.481. The van der Waals surface area contributed by atoms with Crippen LogP contribution in [0.1, 0.15) is 51.3 Å². The van der Waals surface area contributed by atoms with Gasteiger partial charge in [0.15, 0.2) is 11.7 Å². The van der Waals surface area contributed by atoms with E-state index < -0.39 is 5.97 Å². The van der Waals surface area contributed by atoms with Gasteiger partial charge in [-0.25, -0.2) is 4.79 Å². The average molecular weight is 413 g/mol. The number of hydrogen-bond donors (Lipinski definition) is 1. The molecule has 31 heavy (non-hydrogen) atoms. The second-order valence-corrected chi connectivity index (χ2v) is 7.49. The van der Waals surface area contributed by atoms with E-state index in [2.05, 4.69) is 0 Å². The van der Waals surface area contributed by atoms with Crippen LogP contribution in [0, 0.1) is 6.92 Å². The maximum Gasteiger partial charge on any atom is 0.340 e.